The first-order valence-corrected chi connectivity index (χ1v) is 10.7. The number of carboxylic acids is 1. The number of carbonyl (C=O) groups is 1. The maximum Gasteiger partial charge on any atom is 0.303 e. The first-order valence-electron chi connectivity index (χ1n) is 10.7. The number of aliphatic carboxylic acids is 1. The van der Waals surface area contributed by atoms with Crippen molar-refractivity contribution in [3.63, 3.8) is 0 Å². The Morgan fingerprint density at radius 3 is 2.13 bits per heavy atom. The zero-order chi connectivity index (χ0) is 22.3. The largest absolute Gasteiger partial charge is 0.481 e. The quantitative estimate of drug-likeness (QED) is 0.233. The average Bonchev–Trinajstić information content (AvgIpc) is 2.76. The van der Waals surface area contributed by atoms with Crippen molar-refractivity contribution in [1.29, 1.82) is 0 Å². The third kappa shape index (κ3) is 10.2. The van der Waals surface area contributed by atoms with Crippen LogP contribution in [0, 0.1) is 0 Å². The zero-order valence-electron chi connectivity index (χ0n) is 18.3. The molecule has 1 N–H and O–H groups in total. The molecule has 31 heavy (non-hydrogen) atoms. The van der Waals surface area contributed by atoms with Gasteiger partial charge in [-0.05, 0) is 61.9 Å². The van der Waals surface area contributed by atoms with E-state index in [-0.39, 0.29) is 20.0 Å². The molecule has 0 aliphatic heterocycles. The summed E-state index contributed by atoms with van der Waals surface area (Å²) in [6.45, 7) is 5.36. The van der Waals surface area contributed by atoms with Crippen molar-refractivity contribution in [2.75, 3.05) is 26.8 Å². The average molecular weight is 429 g/mol. The van der Waals surface area contributed by atoms with Gasteiger partial charge in [-0.15, -0.1) is 0 Å². The molecule has 0 fully saturated rings. The Hall–Kier alpha value is -2.83. The lowest BCUT2D eigenvalue weighted by Gasteiger charge is -2.11. The maximum atomic E-state index is 10.6. The number of unbranched alkanes of at least 4 members (excludes halogenated alkanes) is 1. The minimum Gasteiger partial charge on any atom is -0.481 e. The molecule has 0 aliphatic rings. The summed E-state index contributed by atoms with van der Waals surface area (Å²) in [5.41, 5.74) is 3.21. The number of aryl methyl sites for hydroxylation is 1. The van der Waals surface area contributed by atoms with Crippen LogP contribution in [0.4, 0.5) is 0 Å². The van der Waals surface area contributed by atoms with Gasteiger partial charge in [0.25, 0.3) is 0 Å². The van der Waals surface area contributed by atoms with Gasteiger partial charge in [-0.2, -0.15) is 0 Å². The summed E-state index contributed by atoms with van der Waals surface area (Å²) in [5, 5.41) is 8.75. The van der Waals surface area contributed by atoms with Crippen LogP contribution in [0.2, 0.25) is 0 Å². The molecule has 6 heteroatoms. The van der Waals surface area contributed by atoms with Crippen LogP contribution in [-0.4, -0.2) is 37.9 Å². The highest BCUT2D eigenvalue weighted by Gasteiger charge is 2.03. The molecule has 0 atom stereocenters. The maximum absolute atomic E-state index is 10.6. The van der Waals surface area contributed by atoms with E-state index in [0.717, 1.165) is 24.0 Å². The molecule has 0 radical (unpaired) electrons. The second-order valence-corrected chi connectivity index (χ2v) is 6.93. The summed E-state index contributed by atoms with van der Waals surface area (Å²) >= 11 is 0. The van der Waals surface area contributed by atoms with Gasteiger partial charge < -0.3 is 24.1 Å². The molecule has 0 unspecified atom stereocenters. The molecule has 0 aliphatic carbocycles. The Labute approximate surface area is 184 Å². The van der Waals surface area contributed by atoms with Crippen LogP contribution in [0.25, 0.3) is 12.2 Å². The second kappa shape index (κ2) is 14.2. The SMILES string of the molecule is CCOCOc1cc(/C=C/c2cccc(CCCCC(=O)O)c2)cc(OCOCC)c1. The Kier molecular flexibility index (Phi) is 11.2. The van der Waals surface area contributed by atoms with Gasteiger partial charge in [-0.1, -0.05) is 36.4 Å². The van der Waals surface area contributed by atoms with Crippen molar-refractivity contribution in [3.05, 3.63) is 59.2 Å². The van der Waals surface area contributed by atoms with Gasteiger partial charge in [0, 0.05) is 25.7 Å². The van der Waals surface area contributed by atoms with Crippen LogP contribution < -0.4 is 9.47 Å². The molecule has 168 valence electrons. The number of benzene rings is 2. The van der Waals surface area contributed by atoms with Crippen molar-refractivity contribution < 1.29 is 28.8 Å². The van der Waals surface area contributed by atoms with E-state index in [0.29, 0.717) is 31.1 Å². The van der Waals surface area contributed by atoms with E-state index < -0.39 is 5.97 Å². The van der Waals surface area contributed by atoms with E-state index in [1.807, 2.05) is 56.3 Å². The van der Waals surface area contributed by atoms with Gasteiger partial charge in [0.1, 0.15) is 11.5 Å². The summed E-state index contributed by atoms with van der Waals surface area (Å²) in [6.07, 6.45) is 6.67. The summed E-state index contributed by atoms with van der Waals surface area (Å²) in [6, 6.07) is 13.9. The predicted molar refractivity (Wildman–Crippen MR) is 121 cm³/mol. The highest BCUT2D eigenvalue weighted by molar-refractivity contribution is 5.71. The Bertz CT molecular complexity index is 802. The fourth-order valence-corrected chi connectivity index (χ4v) is 2.89. The normalized spacial score (nSPS) is 11.0. The van der Waals surface area contributed by atoms with Gasteiger partial charge in [-0.25, -0.2) is 0 Å². The number of hydrogen-bond donors (Lipinski definition) is 1. The smallest absolute Gasteiger partial charge is 0.303 e. The van der Waals surface area contributed by atoms with Crippen molar-refractivity contribution in [1.82, 2.24) is 0 Å². The highest BCUT2D eigenvalue weighted by atomic mass is 16.7. The Balaban J connectivity index is 2.06. The lowest BCUT2D eigenvalue weighted by molar-refractivity contribution is -0.137. The molecule has 2 aromatic carbocycles. The molecule has 2 rings (SSSR count). The molecule has 0 saturated carbocycles. The standard InChI is InChI=1S/C25H32O6/c1-3-28-18-30-23-15-22(16-24(17-23)31-19-29-4-2)13-12-21-10-7-9-20(14-21)8-5-6-11-25(26)27/h7,9-10,12-17H,3-6,8,11,18-19H2,1-2H3,(H,26,27)/b13-12+. The fraction of sp³-hybridized carbons (Fsp3) is 0.400. The highest BCUT2D eigenvalue weighted by Crippen LogP contribution is 2.25. The summed E-state index contributed by atoms with van der Waals surface area (Å²) in [7, 11) is 0. The van der Waals surface area contributed by atoms with Crippen molar-refractivity contribution >= 4 is 18.1 Å². The van der Waals surface area contributed by atoms with Crippen LogP contribution in [-0.2, 0) is 20.7 Å². The minimum absolute atomic E-state index is 0.179. The lowest BCUT2D eigenvalue weighted by Crippen LogP contribution is -2.04. The topological polar surface area (TPSA) is 74.2 Å². The van der Waals surface area contributed by atoms with Gasteiger partial charge in [-0.3, -0.25) is 4.79 Å². The molecular weight excluding hydrogens is 396 g/mol. The predicted octanol–water partition coefficient (Wildman–Crippen LogP) is 5.40. The molecule has 6 nitrogen and oxygen atoms in total. The van der Waals surface area contributed by atoms with E-state index in [4.69, 9.17) is 24.1 Å². The van der Waals surface area contributed by atoms with E-state index >= 15 is 0 Å². The number of rotatable bonds is 15. The van der Waals surface area contributed by atoms with E-state index in [2.05, 4.69) is 12.1 Å². The zero-order valence-corrected chi connectivity index (χ0v) is 18.3. The molecule has 0 amide bonds. The van der Waals surface area contributed by atoms with Crippen molar-refractivity contribution in [2.45, 2.75) is 39.5 Å². The number of carboxylic acid groups (broad SMARTS) is 1. The van der Waals surface area contributed by atoms with Crippen LogP contribution in [0.15, 0.2) is 42.5 Å². The Morgan fingerprint density at radius 1 is 0.871 bits per heavy atom. The number of hydrogen-bond acceptors (Lipinski definition) is 5. The van der Waals surface area contributed by atoms with Crippen LogP contribution in [0.1, 0.15) is 49.8 Å². The molecule has 0 saturated heterocycles. The van der Waals surface area contributed by atoms with E-state index in [9.17, 15) is 4.79 Å². The molecule has 0 spiro atoms. The van der Waals surface area contributed by atoms with Crippen LogP contribution >= 0.6 is 0 Å². The molecule has 0 bridgehead atoms. The summed E-state index contributed by atoms with van der Waals surface area (Å²) in [5.74, 6) is 0.581. The fourth-order valence-electron chi connectivity index (χ4n) is 2.89. The van der Waals surface area contributed by atoms with Crippen molar-refractivity contribution in [2.24, 2.45) is 0 Å². The molecule has 2 aromatic rings. The molecular formula is C25H32O6. The van der Waals surface area contributed by atoms with E-state index in [1.165, 1.54) is 5.56 Å². The summed E-state index contributed by atoms with van der Waals surface area (Å²) in [4.78, 5) is 10.6. The summed E-state index contributed by atoms with van der Waals surface area (Å²) < 4.78 is 21.9. The molecule has 0 aromatic heterocycles. The third-order valence-electron chi connectivity index (χ3n) is 4.45. The first-order chi connectivity index (χ1) is 15.1. The third-order valence-corrected chi connectivity index (χ3v) is 4.45. The van der Waals surface area contributed by atoms with Gasteiger partial charge in [0.2, 0.25) is 0 Å². The van der Waals surface area contributed by atoms with Gasteiger partial charge in [0.05, 0.1) is 0 Å². The Morgan fingerprint density at radius 2 is 1.52 bits per heavy atom. The van der Waals surface area contributed by atoms with Crippen molar-refractivity contribution in [3.8, 4) is 11.5 Å². The van der Waals surface area contributed by atoms with Crippen LogP contribution in [0.3, 0.4) is 0 Å². The van der Waals surface area contributed by atoms with E-state index in [1.54, 1.807) is 0 Å². The minimum atomic E-state index is -0.742. The van der Waals surface area contributed by atoms with Crippen LogP contribution in [0.5, 0.6) is 11.5 Å². The molecule has 0 heterocycles. The first kappa shape index (κ1) is 24.4. The van der Waals surface area contributed by atoms with Gasteiger partial charge >= 0.3 is 5.97 Å². The monoisotopic (exact) mass is 428 g/mol. The second-order valence-electron chi connectivity index (χ2n) is 6.93. The number of ether oxygens (including phenoxy) is 4. The lowest BCUT2D eigenvalue weighted by atomic mass is 10.0. The van der Waals surface area contributed by atoms with Gasteiger partial charge in [0.15, 0.2) is 13.6 Å².